The third-order valence-corrected chi connectivity index (χ3v) is 5.24. The summed E-state index contributed by atoms with van der Waals surface area (Å²) in [5.74, 6) is 0.903. The lowest BCUT2D eigenvalue weighted by molar-refractivity contribution is 0.0668. The molecule has 0 atom stereocenters. The number of rotatable bonds is 1. The van der Waals surface area contributed by atoms with Gasteiger partial charge in [-0.15, -0.1) is 11.3 Å². The molecule has 0 bridgehead atoms. The van der Waals surface area contributed by atoms with Gasteiger partial charge in [-0.1, -0.05) is 0 Å². The second kappa shape index (κ2) is 5.35. The first kappa shape index (κ1) is 14.4. The summed E-state index contributed by atoms with van der Waals surface area (Å²) in [4.78, 5) is 27.6. The number of thiophene rings is 1. The first-order chi connectivity index (χ1) is 9.97. The molecule has 1 fully saturated rings. The van der Waals surface area contributed by atoms with E-state index in [0.29, 0.717) is 0 Å². The second-order valence-corrected chi connectivity index (χ2v) is 6.69. The Hall–Kier alpha value is -1.53. The van der Waals surface area contributed by atoms with Crippen molar-refractivity contribution < 1.29 is 4.79 Å². The van der Waals surface area contributed by atoms with Crippen molar-refractivity contribution in [2.24, 2.45) is 0 Å². The van der Waals surface area contributed by atoms with Crippen LogP contribution >= 0.6 is 11.3 Å². The lowest BCUT2D eigenvalue weighted by Crippen LogP contribution is -2.47. The maximum absolute atomic E-state index is 12.8. The minimum Gasteiger partial charge on any atom is -0.335 e. The summed E-state index contributed by atoms with van der Waals surface area (Å²) in [6.07, 6.45) is 0. The molecular weight excluding hydrogens is 284 g/mol. The van der Waals surface area contributed by atoms with Crippen LogP contribution in [0.3, 0.4) is 0 Å². The summed E-state index contributed by atoms with van der Waals surface area (Å²) in [5, 5.41) is 1.04. The quantitative estimate of drug-likeness (QED) is 0.808. The zero-order valence-corrected chi connectivity index (χ0v) is 13.8. The normalized spacial score (nSPS) is 16.7. The number of fused-ring (bicyclic) bond motifs is 1. The zero-order valence-electron chi connectivity index (χ0n) is 12.9. The van der Waals surface area contributed by atoms with Crippen molar-refractivity contribution in [3.63, 3.8) is 0 Å². The van der Waals surface area contributed by atoms with E-state index in [4.69, 9.17) is 0 Å². The van der Waals surface area contributed by atoms with Crippen molar-refractivity contribution >= 4 is 27.5 Å². The van der Waals surface area contributed by atoms with E-state index >= 15 is 0 Å². The van der Waals surface area contributed by atoms with Crippen LogP contribution in [0.1, 0.15) is 26.8 Å². The molecule has 0 spiro atoms. The highest BCUT2D eigenvalue weighted by Gasteiger charge is 2.25. The number of hydrogen-bond acceptors (Lipinski definition) is 5. The summed E-state index contributed by atoms with van der Waals surface area (Å²) < 4.78 is 0. The zero-order chi connectivity index (χ0) is 15.1. The van der Waals surface area contributed by atoms with Crippen LogP contribution < -0.4 is 0 Å². The van der Waals surface area contributed by atoms with Crippen molar-refractivity contribution in [2.45, 2.75) is 20.8 Å². The number of aryl methyl sites for hydroxylation is 3. The van der Waals surface area contributed by atoms with Gasteiger partial charge in [0, 0.05) is 37.3 Å². The second-order valence-electron chi connectivity index (χ2n) is 5.69. The molecule has 21 heavy (non-hydrogen) atoms. The molecule has 2 aromatic rings. The molecular formula is C15H20N4OS. The summed E-state index contributed by atoms with van der Waals surface area (Å²) in [6, 6.07) is 0. The molecule has 5 nitrogen and oxygen atoms in total. The van der Waals surface area contributed by atoms with Crippen molar-refractivity contribution in [1.82, 2.24) is 19.8 Å². The third-order valence-electron chi connectivity index (χ3n) is 4.07. The number of carbonyl (C=O) groups is 1. The average Bonchev–Trinajstić information content (AvgIpc) is 2.76. The molecule has 1 aliphatic rings. The molecule has 3 rings (SSSR count). The van der Waals surface area contributed by atoms with E-state index in [1.54, 1.807) is 0 Å². The van der Waals surface area contributed by atoms with E-state index in [-0.39, 0.29) is 5.91 Å². The van der Waals surface area contributed by atoms with Crippen molar-refractivity contribution in [1.29, 1.82) is 0 Å². The predicted octanol–water partition coefficient (Wildman–Crippen LogP) is 2.00. The standard InChI is InChI=1S/C15H20N4OS/c1-9-12-10(2)16-11(3)17-14(12)21-13(9)15(20)19-7-5-18(4)6-8-19/h5-8H2,1-4H3. The van der Waals surface area contributed by atoms with E-state index in [9.17, 15) is 4.79 Å². The number of likely N-dealkylation sites (N-methyl/N-ethyl adjacent to an activating group) is 1. The Kier molecular flexibility index (Phi) is 3.67. The molecule has 0 unspecified atom stereocenters. The number of amides is 1. The molecule has 1 amide bonds. The van der Waals surface area contributed by atoms with Crippen LogP contribution in [-0.4, -0.2) is 58.9 Å². The van der Waals surface area contributed by atoms with Gasteiger partial charge in [0.15, 0.2) is 0 Å². The molecule has 1 aliphatic heterocycles. The van der Waals surface area contributed by atoms with Gasteiger partial charge in [-0.2, -0.15) is 0 Å². The molecule has 6 heteroatoms. The summed E-state index contributed by atoms with van der Waals surface area (Å²) in [7, 11) is 2.09. The van der Waals surface area contributed by atoms with Gasteiger partial charge in [0.05, 0.1) is 4.88 Å². The Bertz CT molecular complexity index is 701. The molecule has 2 aromatic heterocycles. The van der Waals surface area contributed by atoms with E-state index in [0.717, 1.165) is 58.4 Å². The number of piperazine rings is 1. The van der Waals surface area contributed by atoms with Crippen molar-refractivity contribution in [2.75, 3.05) is 33.2 Å². The number of carbonyl (C=O) groups excluding carboxylic acids is 1. The van der Waals surface area contributed by atoms with Crippen LogP contribution in [0.25, 0.3) is 10.2 Å². The highest BCUT2D eigenvalue weighted by atomic mass is 32.1. The van der Waals surface area contributed by atoms with Gasteiger partial charge < -0.3 is 9.80 Å². The topological polar surface area (TPSA) is 49.3 Å². The largest absolute Gasteiger partial charge is 0.335 e. The van der Waals surface area contributed by atoms with E-state index in [1.165, 1.54) is 11.3 Å². The maximum atomic E-state index is 12.8. The van der Waals surface area contributed by atoms with Gasteiger partial charge in [-0.3, -0.25) is 4.79 Å². The van der Waals surface area contributed by atoms with Crippen LogP contribution in [0.5, 0.6) is 0 Å². The molecule has 0 saturated carbocycles. The molecule has 0 aromatic carbocycles. The highest BCUT2D eigenvalue weighted by molar-refractivity contribution is 7.20. The molecule has 112 valence electrons. The van der Waals surface area contributed by atoms with Gasteiger partial charge >= 0.3 is 0 Å². The van der Waals surface area contributed by atoms with Crippen LogP contribution in [0.15, 0.2) is 0 Å². The summed E-state index contributed by atoms with van der Waals surface area (Å²) >= 11 is 1.50. The van der Waals surface area contributed by atoms with E-state index < -0.39 is 0 Å². The maximum Gasteiger partial charge on any atom is 0.264 e. The van der Waals surface area contributed by atoms with Gasteiger partial charge in [-0.05, 0) is 33.4 Å². The fourth-order valence-corrected chi connectivity index (χ4v) is 4.08. The van der Waals surface area contributed by atoms with Crippen LogP contribution in [0.4, 0.5) is 0 Å². The monoisotopic (exact) mass is 304 g/mol. The highest BCUT2D eigenvalue weighted by Crippen LogP contribution is 2.32. The number of nitrogens with zero attached hydrogens (tertiary/aromatic N) is 4. The Labute approximate surface area is 128 Å². The van der Waals surface area contributed by atoms with Crippen molar-refractivity contribution in [3.8, 4) is 0 Å². The van der Waals surface area contributed by atoms with Crippen LogP contribution in [0.2, 0.25) is 0 Å². The molecule has 0 aliphatic carbocycles. The predicted molar refractivity (Wildman–Crippen MR) is 85.0 cm³/mol. The number of hydrogen-bond donors (Lipinski definition) is 0. The minimum atomic E-state index is 0.139. The van der Waals surface area contributed by atoms with Gasteiger partial charge in [0.25, 0.3) is 5.91 Å². The molecule has 3 heterocycles. The third kappa shape index (κ3) is 2.53. The minimum absolute atomic E-state index is 0.139. The lowest BCUT2D eigenvalue weighted by Gasteiger charge is -2.32. The average molecular weight is 304 g/mol. The van der Waals surface area contributed by atoms with Gasteiger partial charge in [0.1, 0.15) is 10.7 Å². The SMILES string of the molecule is Cc1nc(C)c2c(C)c(C(=O)N3CCN(C)CC3)sc2n1. The molecule has 0 N–H and O–H groups in total. The van der Waals surface area contributed by atoms with Crippen LogP contribution in [0, 0.1) is 20.8 Å². The number of aromatic nitrogens is 2. The smallest absolute Gasteiger partial charge is 0.264 e. The van der Waals surface area contributed by atoms with Gasteiger partial charge in [-0.25, -0.2) is 9.97 Å². The van der Waals surface area contributed by atoms with Gasteiger partial charge in [0.2, 0.25) is 0 Å². The summed E-state index contributed by atoms with van der Waals surface area (Å²) in [5.41, 5.74) is 1.99. The molecule has 1 saturated heterocycles. The Morgan fingerprint density at radius 3 is 2.43 bits per heavy atom. The Balaban J connectivity index is 1.99. The first-order valence-corrected chi connectivity index (χ1v) is 8.01. The van der Waals surface area contributed by atoms with E-state index in [2.05, 4.69) is 21.9 Å². The fourth-order valence-electron chi connectivity index (χ4n) is 2.83. The first-order valence-electron chi connectivity index (χ1n) is 7.19. The summed E-state index contributed by atoms with van der Waals surface area (Å²) in [6.45, 7) is 9.36. The Morgan fingerprint density at radius 2 is 1.76 bits per heavy atom. The lowest BCUT2D eigenvalue weighted by atomic mass is 10.1. The molecule has 0 radical (unpaired) electrons. The fraction of sp³-hybridized carbons (Fsp3) is 0.533. The van der Waals surface area contributed by atoms with Crippen LogP contribution in [-0.2, 0) is 0 Å². The Morgan fingerprint density at radius 1 is 1.10 bits per heavy atom. The van der Waals surface area contributed by atoms with Crippen molar-refractivity contribution in [3.05, 3.63) is 22.0 Å². The van der Waals surface area contributed by atoms with E-state index in [1.807, 2.05) is 25.7 Å².